The monoisotopic (exact) mass is 435 g/mol. The maximum absolute atomic E-state index is 14.7. The first kappa shape index (κ1) is 23.1. The van der Waals surface area contributed by atoms with Crippen LogP contribution in [0.5, 0.6) is 5.75 Å². The SMILES string of the molecule is CC1=C(C)C(=O)C(C(CCCNC(=O)c2ccccc2O)c2ccccc2F)=C(C)C1=O. The van der Waals surface area contributed by atoms with Gasteiger partial charge in [0.25, 0.3) is 5.91 Å². The average molecular weight is 435 g/mol. The number of rotatable bonds is 7. The molecule has 0 bridgehead atoms. The number of halogens is 1. The largest absolute Gasteiger partial charge is 0.507 e. The Labute approximate surface area is 186 Å². The summed E-state index contributed by atoms with van der Waals surface area (Å²) in [5.41, 5.74) is 1.96. The summed E-state index contributed by atoms with van der Waals surface area (Å²) in [5, 5.41) is 12.6. The smallest absolute Gasteiger partial charge is 0.255 e. The highest BCUT2D eigenvalue weighted by atomic mass is 19.1. The van der Waals surface area contributed by atoms with Gasteiger partial charge < -0.3 is 10.4 Å². The minimum atomic E-state index is -0.613. The summed E-state index contributed by atoms with van der Waals surface area (Å²) >= 11 is 0. The van der Waals surface area contributed by atoms with E-state index < -0.39 is 17.6 Å². The number of para-hydroxylation sites is 1. The van der Waals surface area contributed by atoms with E-state index in [-0.39, 0.29) is 29.4 Å². The minimum absolute atomic E-state index is 0.112. The molecule has 166 valence electrons. The fourth-order valence-electron chi connectivity index (χ4n) is 4.02. The first-order valence-electron chi connectivity index (χ1n) is 10.5. The Bertz CT molecular complexity index is 1150. The molecule has 2 aromatic rings. The number of carbonyl (C=O) groups excluding carboxylic acids is 3. The molecule has 0 saturated heterocycles. The Balaban J connectivity index is 1.82. The van der Waals surface area contributed by atoms with Gasteiger partial charge in [-0.15, -0.1) is 0 Å². The molecule has 6 heteroatoms. The van der Waals surface area contributed by atoms with Crippen LogP contribution in [0.15, 0.2) is 70.8 Å². The lowest BCUT2D eigenvalue weighted by molar-refractivity contribution is -0.116. The van der Waals surface area contributed by atoms with Gasteiger partial charge in [0.05, 0.1) is 5.56 Å². The molecular weight excluding hydrogens is 409 g/mol. The minimum Gasteiger partial charge on any atom is -0.507 e. The summed E-state index contributed by atoms with van der Waals surface area (Å²) in [7, 11) is 0. The van der Waals surface area contributed by atoms with Crippen LogP contribution in [0, 0.1) is 5.82 Å². The van der Waals surface area contributed by atoms with Gasteiger partial charge in [0.15, 0.2) is 11.6 Å². The number of amides is 1. The second-order valence-electron chi connectivity index (χ2n) is 7.94. The van der Waals surface area contributed by atoms with Gasteiger partial charge in [-0.25, -0.2) is 4.39 Å². The highest BCUT2D eigenvalue weighted by Crippen LogP contribution is 2.38. The Morgan fingerprint density at radius 1 is 0.938 bits per heavy atom. The molecule has 2 N–H and O–H groups in total. The average Bonchev–Trinajstić information content (AvgIpc) is 2.78. The third kappa shape index (κ3) is 4.54. The molecule has 1 aliphatic carbocycles. The van der Waals surface area contributed by atoms with Crippen molar-refractivity contribution >= 4 is 17.5 Å². The predicted octanol–water partition coefficient (Wildman–Crippen LogP) is 4.63. The summed E-state index contributed by atoms with van der Waals surface area (Å²) in [6.07, 6.45) is 0.804. The molecule has 5 nitrogen and oxygen atoms in total. The van der Waals surface area contributed by atoms with Crippen molar-refractivity contribution in [2.24, 2.45) is 0 Å². The van der Waals surface area contributed by atoms with E-state index in [1.54, 1.807) is 51.1 Å². The van der Waals surface area contributed by atoms with Crippen molar-refractivity contribution in [3.63, 3.8) is 0 Å². The summed E-state index contributed by atoms with van der Waals surface area (Å²) in [4.78, 5) is 38.1. The van der Waals surface area contributed by atoms with Gasteiger partial charge in [0, 0.05) is 34.8 Å². The van der Waals surface area contributed by atoms with Crippen LogP contribution in [0.4, 0.5) is 4.39 Å². The highest BCUT2D eigenvalue weighted by molar-refractivity contribution is 6.25. The lowest BCUT2D eigenvalue weighted by Gasteiger charge is -2.26. The standard InChI is InChI=1S/C26H26FNO4/c1-15-16(2)25(31)23(17(3)24(15)30)19(18-9-4-6-12-21(18)27)11-8-14-28-26(32)20-10-5-7-13-22(20)29/h4-7,9-10,12-13,19,29H,8,11,14H2,1-3H3,(H,28,32). The van der Waals surface area contributed by atoms with Gasteiger partial charge in [-0.2, -0.15) is 0 Å². The maximum Gasteiger partial charge on any atom is 0.255 e. The number of phenolic OH excluding ortho intramolecular Hbond substituents is 1. The van der Waals surface area contributed by atoms with Crippen molar-refractivity contribution in [1.29, 1.82) is 0 Å². The van der Waals surface area contributed by atoms with Crippen molar-refractivity contribution in [3.05, 3.63) is 87.8 Å². The quantitative estimate of drug-likeness (QED) is 0.491. The number of benzene rings is 2. The van der Waals surface area contributed by atoms with E-state index in [4.69, 9.17) is 0 Å². The molecule has 0 saturated carbocycles. The van der Waals surface area contributed by atoms with Gasteiger partial charge in [-0.05, 0) is 57.4 Å². The Morgan fingerprint density at radius 3 is 2.25 bits per heavy atom. The molecule has 0 heterocycles. The maximum atomic E-state index is 14.7. The fourth-order valence-corrected chi connectivity index (χ4v) is 4.02. The second-order valence-corrected chi connectivity index (χ2v) is 7.94. The van der Waals surface area contributed by atoms with E-state index >= 15 is 0 Å². The van der Waals surface area contributed by atoms with E-state index in [0.717, 1.165) is 0 Å². The first-order chi connectivity index (χ1) is 15.2. The van der Waals surface area contributed by atoms with Crippen molar-refractivity contribution in [3.8, 4) is 5.75 Å². The topological polar surface area (TPSA) is 83.5 Å². The van der Waals surface area contributed by atoms with Gasteiger partial charge in [-0.3, -0.25) is 14.4 Å². The van der Waals surface area contributed by atoms with Crippen LogP contribution < -0.4 is 5.32 Å². The second kappa shape index (κ2) is 9.73. The predicted molar refractivity (Wildman–Crippen MR) is 120 cm³/mol. The van der Waals surface area contributed by atoms with E-state index in [2.05, 4.69) is 5.32 Å². The normalized spacial score (nSPS) is 15.2. The van der Waals surface area contributed by atoms with Crippen molar-refractivity contribution in [1.82, 2.24) is 5.32 Å². The van der Waals surface area contributed by atoms with E-state index in [1.807, 2.05) is 0 Å². The highest BCUT2D eigenvalue weighted by Gasteiger charge is 2.34. The lowest BCUT2D eigenvalue weighted by atomic mass is 9.76. The molecular formula is C26H26FNO4. The molecule has 0 fully saturated rings. The number of aromatic hydroxyl groups is 1. The number of hydrogen-bond donors (Lipinski definition) is 2. The van der Waals surface area contributed by atoms with Crippen LogP contribution in [-0.2, 0) is 9.59 Å². The molecule has 32 heavy (non-hydrogen) atoms. The molecule has 0 aromatic heterocycles. The van der Waals surface area contributed by atoms with Gasteiger partial charge in [0.2, 0.25) is 0 Å². The number of phenols is 1. The third-order valence-electron chi connectivity index (χ3n) is 5.97. The summed E-state index contributed by atoms with van der Waals surface area (Å²) in [5.74, 6) is -2.03. The molecule has 3 rings (SSSR count). The third-order valence-corrected chi connectivity index (χ3v) is 5.97. The van der Waals surface area contributed by atoms with Gasteiger partial charge >= 0.3 is 0 Å². The zero-order chi connectivity index (χ0) is 23.4. The van der Waals surface area contributed by atoms with Gasteiger partial charge in [0.1, 0.15) is 11.6 Å². The van der Waals surface area contributed by atoms with E-state index in [0.29, 0.717) is 40.7 Å². The Morgan fingerprint density at radius 2 is 1.56 bits per heavy atom. The molecule has 1 amide bonds. The molecule has 0 aliphatic heterocycles. The molecule has 0 radical (unpaired) electrons. The van der Waals surface area contributed by atoms with Crippen LogP contribution >= 0.6 is 0 Å². The van der Waals surface area contributed by atoms with Crippen molar-refractivity contribution in [2.45, 2.75) is 39.5 Å². The van der Waals surface area contributed by atoms with Crippen molar-refractivity contribution < 1.29 is 23.9 Å². The Hall–Kier alpha value is -3.54. The van der Waals surface area contributed by atoms with Crippen LogP contribution in [0.25, 0.3) is 0 Å². The molecule has 0 spiro atoms. The van der Waals surface area contributed by atoms with Crippen molar-refractivity contribution in [2.75, 3.05) is 6.54 Å². The summed E-state index contributed by atoms with van der Waals surface area (Å²) in [6.45, 7) is 5.12. The molecule has 1 aliphatic rings. The first-order valence-corrected chi connectivity index (χ1v) is 10.5. The molecule has 2 aromatic carbocycles. The van der Waals surface area contributed by atoms with Crippen LogP contribution in [0.3, 0.4) is 0 Å². The van der Waals surface area contributed by atoms with E-state index in [1.165, 1.54) is 18.2 Å². The zero-order valence-corrected chi connectivity index (χ0v) is 18.4. The number of nitrogens with one attached hydrogen (secondary N) is 1. The summed E-state index contributed by atoms with van der Waals surface area (Å²) < 4.78 is 14.7. The molecule has 1 unspecified atom stereocenters. The number of hydrogen-bond acceptors (Lipinski definition) is 4. The van der Waals surface area contributed by atoms with E-state index in [9.17, 15) is 23.9 Å². The van der Waals surface area contributed by atoms with Crippen LogP contribution in [0.1, 0.15) is 55.5 Å². The number of carbonyl (C=O) groups is 3. The lowest BCUT2D eigenvalue weighted by Crippen LogP contribution is -2.27. The number of ketones is 2. The fraction of sp³-hybridized carbons (Fsp3) is 0.269. The van der Waals surface area contributed by atoms with Gasteiger partial charge in [-0.1, -0.05) is 30.3 Å². The zero-order valence-electron chi connectivity index (χ0n) is 18.4. The molecule has 1 atom stereocenters. The van der Waals surface area contributed by atoms with Crippen LogP contribution in [0.2, 0.25) is 0 Å². The van der Waals surface area contributed by atoms with Crippen LogP contribution in [-0.4, -0.2) is 29.1 Å². The Kier molecular flexibility index (Phi) is 7.03. The number of allylic oxidation sites excluding steroid dienone is 4. The summed E-state index contributed by atoms with van der Waals surface area (Å²) in [6, 6.07) is 12.5. The number of Topliss-reactive ketones (excluding diaryl/α,β-unsaturated/α-hetero) is 2.